The minimum Gasteiger partial charge on any atom is -0.282 e. The monoisotopic (exact) mass is 373 g/mol. The molecule has 1 aromatic heterocycles. The van der Waals surface area contributed by atoms with Crippen molar-refractivity contribution in [1.82, 2.24) is 14.9 Å². The first-order valence-corrected chi connectivity index (χ1v) is 9.14. The summed E-state index contributed by atoms with van der Waals surface area (Å²) in [6, 6.07) is 4.35. The Morgan fingerprint density at radius 2 is 2.00 bits per heavy atom. The number of amides is 1. The van der Waals surface area contributed by atoms with Gasteiger partial charge in [0.05, 0.1) is 16.2 Å². The van der Waals surface area contributed by atoms with Crippen molar-refractivity contribution in [3.63, 3.8) is 0 Å². The van der Waals surface area contributed by atoms with E-state index >= 15 is 0 Å². The number of H-pyrrole nitrogens is 1. The zero-order valence-electron chi connectivity index (χ0n) is 11.8. The van der Waals surface area contributed by atoms with Crippen LogP contribution in [-0.4, -0.2) is 24.5 Å². The molecule has 0 radical (unpaired) electrons. The number of nitrogens with zero attached hydrogens (tertiary/aromatic N) is 1. The van der Waals surface area contributed by atoms with Gasteiger partial charge in [0.25, 0.3) is 10.0 Å². The summed E-state index contributed by atoms with van der Waals surface area (Å²) in [5.41, 5.74) is 1.93. The number of hydrogen-bond donors (Lipinski definition) is 2. The van der Waals surface area contributed by atoms with Crippen LogP contribution in [0.3, 0.4) is 0 Å². The summed E-state index contributed by atoms with van der Waals surface area (Å²) in [5.74, 6) is -1.01. The normalized spacial score (nSPS) is 17.6. The summed E-state index contributed by atoms with van der Waals surface area (Å²) in [5, 5.41) is 6.71. The molecule has 1 aliphatic rings. The van der Waals surface area contributed by atoms with Gasteiger partial charge in [0.2, 0.25) is 5.91 Å². The van der Waals surface area contributed by atoms with Crippen molar-refractivity contribution in [3.8, 4) is 0 Å². The van der Waals surface area contributed by atoms with E-state index in [0.717, 1.165) is 11.3 Å². The van der Waals surface area contributed by atoms with Gasteiger partial charge in [-0.1, -0.05) is 29.3 Å². The van der Waals surface area contributed by atoms with Gasteiger partial charge in [0, 0.05) is 18.0 Å². The van der Waals surface area contributed by atoms with Gasteiger partial charge in [-0.05, 0) is 30.5 Å². The van der Waals surface area contributed by atoms with Crippen LogP contribution in [0.15, 0.2) is 29.3 Å². The third-order valence-corrected chi connectivity index (χ3v) is 6.11. The Morgan fingerprint density at radius 3 is 2.70 bits per heavy atom. The van der Waals surface area contributed by atoms with Crippen LogP contribution in [0.25, 0.3) is 0 Å². The van der Waals surface area contributed by atoms with Gasteiger partial charge < -0.3 is 0 Å². The summed E-state index contributed by atoms with van der Waals surface area (Å²) in [7, 11) is -4.12. The maximum Gasteiger partial charge on any atom is 0.267 e. The van der Waals surface area contributed by atoms with Crippen LogP contribution >= 0.6 is 23.2 Å². The van der Waals surface area contributed by atoms with Crippen molar-refractivity contribution in [1.29, 1.82) is 0 Å². The van der Waals surface area contributed by atoms with Crippen molar-refractivity contribution in [2.75, 3.05) is 0 Å². The lowest BCUT2D eigenvalue weighted by Gasteiger charge is -2.21. The quantitative estimate of drug-likeness (QED) is 0.863. The Hall–Kier alpha value is -1.57. The number of fused-ring (bicyclic) bond motifs is 1. The molecule has 2 aromatic rings. The molecule has 23 heavy (non-hydrogen) atoms. The van der Waals surface area contributed by atoms with Crippen molar-refractivity contribution < 1.29 is 13.2 Å². The van der Waals surface area contributed by atoms with Crippen LogP contribution in [-0.2, 0) is 27.7 Å². The predicted molar refractivity (Wildman–Crippen MR) is 85.9 cm³/mol. The van der Waals surface area contributed by atoms with Gasteiger partial charge in [-0.3, -0.25) is 9.89 Å². The van der Waals surface area contributed by atoms with E-state index in [9.17, 15) is 13.2 Å². The van der Waals surface area contributed by atoms with Crippen molar-refractivity contribution in [2.45, 2.75) is 24.2 Å². The van der Waals surface area contributed by atoms with E-state index in [1.807, 2.05) is 0 Å². The van der Waals surface area contributed by atoms with E-state index < -0.39 is 21.8 Å². The van der Waals surface area contributed by atoms with E-state index in [2.05, 4.69) is 14.9 Å². The fraction of sp³-hybridized carbons (Fsp3) is 0.286. The first kappa shape index (κ1) is 16.3. The van der Waals surface area contributed by atoms with Gasteiger partial charge in [0.1, 0.15) is 4.90 Å². The highest BCUT2D eigenvalue weighted by molar-refractivity contribution is 7.90. The lowest BCUT2D eigenvalue weighted by molar-refractivity contribution is -0.123. The molecule has 0 fully saturated rings. The SMILES string of the molecule is O=C(NS(=O)(=O)c1c(Cl)cccc1Cl)[C@H]1CCc2cn[nH]c2C1. The average Bonchev–Trinajstić information content (AvgIpc) is 2.93. The molecule has 1 aromatic carbocycles. The fourth-order valence-corrected chi connectivity index (χ4v) is 4.83. The molecule has 1 aliphatic carbocycles. The minimum atomic E-state index is -4.12. The third kappa shape index (κ3) is 3.22. The molecule has 2 N–H and O–H groups in total. The summed E-state index contributed by atoms with van der Waals surface area (Å²) in [4.78, 5) is 12.0. The van der Waals surface area contributed by atoms with Crippen LogP contribution in [0.5, 0.6) is 0 Å². The molecule has 0 unspecified atom stereocenters. The van der Waals surface area contributed by atoms with Crippen LogP contribution in [0.4, 0.5) is 0 Å². The lowest BCUT2D eigenvalue weighted by atomic mass is 9.88. The molecule has 0 saturated heterocycles. The maximum absolute atomic E-state index is 12.4. The number of carbonyl (C=O) groups is 1. The molecule has 6 nitrogen and oxygen atoms in total. The largest absolute Gasteiger partial charge is 0.282 e. The molecule has 1 atom stereocenters. The Morgan fingerprint density at radius 1 is 1.30 bits per heavy atom. The molecule has 3 rings (SSSR count). The second kappa shape index (κ2) is 6.14. The highest BCUT2D eigenvalue weighted by atomic mass is 35.5. The first-order valence-electron chi connectivity index (χ1n) is 6.90. The highest BCUT2D eigenvalue weighted by Gasteiger charge is 2.30. The number of aromatic amines is 1. The Balaban J connectivity index is 1.80. The van der Waals surface area contributed by atoms with E-state index in [4.69, 9.17) is 23.2 Å². The number of benzene rings is 1. The standard InChI is InChI=1S/C14H13Cl2N3O3S/c15-10-2-1-3-11(16)13(10)23(21,22)19-14(20)8-4-5-9-7-17-18-12(9)6-8/h1-3,7-8H,4-6H2,(H,17,18)(H,19,20)/t8-/m0/s1. The number of sulfonamides is 1. The zero-order valence-corrected chi connectivity index (χ0v) is 14.2. The van der Waals surface area contributed by atoms with Gasteiger partial charge >= 0.3 is 0 Å². The van der Waals surface area contributed by atoms with Crippen LogP contribution in [0.1, 0.15) is 17.7 Å². The van der Waals surface area contributed by atoms with Gasteiger partial charge in [-0.2, -0.15) is 5.10 Å². The van der Waals surface area contributed by atoms with Crippen LogP contribution < -0.4 is 4.72 Å². The summed E-state index contributed by atoms with van der Waals surface area (Å²) < 4.78 is 26.9. The Labute approximate surface area is 143 Å². The number of aromatic nitrogens is 2. The Kier molecular flexibility index (Phi) is 4.35. The van der Waals surface area contributed by atoms with Crippen LogP contribution in [0, 0.1) is 5.92 Å². The topological polar surface area (TPSA) is 91.9 Å². The number of hydrogen-bond acceptors (Lipinski definition) is 4. The molecular weight excluding hydrogens is 361 g/mol. The molecule has 0 bridgehead atoms. The van der Waals surface area contributed by atoms with Crippen molar-refractivity contribution >= 4 is 39.1 Å². The molecule has 1 heterocycles. The molecule has 0 spiro atoms. The summed E-state index contributed by atoms with van der Waals surface area (Å²) >= 11 is 11.8. The number of aryl methyl sites for hydroxylation is 1. The number of rotatable bonds is 3. The number of carbonyl (C=O) groups excluding carboxylic acids is 1. The molecule has 9 heteroatoms. The molecule has 0 aliphatic heterocycles. The van der Waals surface area contributed by atoms with E-state index in [-0.39, 0.29) is 14.9 Å². The Bertz CT molecular complexity index is 844. The zero-order chi connectivity index (χ0) is 16.6. The summed E-state index contributed by atoms with van der Waals surface area (Å²) in [6.07, 6.45) is 3.39. The van der Waals surface area contributed by atoms with Crippen molar-refractivity contribution in [2.24, 2.45) is 5.92 Å². The van der Waals surface area contributed by atoms with E-state index in [1.54, 1.807) is 6.20 Å². The number of nitrogens with one attached hydrogen (secondary N) is 2. The maximum atomic E-state index is 12.4. The van der Waals surface area contributed by atoms with E-state index in [0.29, 0.717) is 19.3 Å². The molecule has 122 valence electrons. The second-order valence-electron chi connectivity index (χ2n) is 5.33. The fourth-order valence-electron chi connectivity index (χ4n) is 2.64. The van der Waals surface area contributed by atoms with Gasteiger partial charge in [0.15, 0.2) is 0 Å². The molecular formula is C14H13Cl2N3O3S. The molecule has 0 saturated carbocycles. The van der Waals surface area contributed by atoms with Gasteiger partial charge in [-0.25, -0.2) is 13.1 Å². The smallest absolute Gasteiger partial charge is 0.267 e. The first-order chi connectivity index (χ1) is 10.9. The van der Waals surface area contributed by atoms with E-state index in [1.165, 1.54) is 18.2 Å². The third-order valence-electron chi connectivity index (χ3n) is 3.81. The highest BCUT2D eigenvalue weighted by Crippen LogP contribution is 2.29. The van der Waals surface area contributed by atoms with Crippen molar-refractivity contribution in [3.05, 3.63) is 45.7 Å². The van der Waals surface area contributed by atoms with Gasteiger partial charge in [-0.15, -0.1) is 0 Å². The minimum absolute atomic E-state index is 0.0303. The predicted octanol–water partition coefficient (Wildman–Crippen LogP) is 2.33. The van der Waals surface area contributed by atoms with Crippen LogP contribution in [0.2, 0.25) is 10.0 Å². The summed E-state index contributed by atoms with van der Waals surface area (Å²) in [6.45, 7) is 0. The second-order valence-corrected chi connectivity index (χ2v) is 7.77. The lowest BCUT2D eigenvalue weighted by Crippen LogP contribution is -2.38. The molecule has 1 amide bonds. The number of halogens is 2. The average molecular weight is 374 g/mol.